The van der Waals surface area contributed by atoms with Crippen LogP contribution >= 0.6 is 11.6 Å². The molecule has 15 heteroatoms. The summed E-state index contributed by atoms with van der Waals surface area (Å²) in [5.74, 6) is -5.46. The largest absolute Gasteiger partial charge is 0.451 e. The molecular weight excluding hydrogens is 662 g/mol. The number of H-pyrrole nitrogens is 1. The van der Waals surface area contributed by atoms with Crippen LogP contribution in [-0.4, -0.2) is 44.3 Å². The first-order chi connectivity index (χ1) is 22.8. The van der Waals surface area contributed by atoms with Crippen LogP contribution < -0.4 is 9.47 Å². The van der Waals surface area contributed by atoms with Crippen molar-refractivity contribution in [1.29, 1.82) is 5.26 Å². The molecule has 0 amide bonds. The van der Waals surface area contributed by atoms with E-state index in [9.17, 15) is 27.2 Å². The second-order valence-corrected chi connectivity index (χ2v) is 13.1. The lowest BCUT2D eigenvalue weighted by molar-refractivity contribution is -0.144. The number of nitrogens with zero attached hydrogens (tertiary/aromatic N) is 5. The number of piperidine rings is 1. The van der Waals surface area contributed by atoms with Crippen LogP contribution in [0.25, 0.3) is 11.4 Å². The molecular formula is C33H27ClF6N6O2. The van der Waals surface area contributed by atoms with Crippen molar-refractivity contribution in [2.75, 3.05) is 13.1 Å². The maximum Gasteiger partial charge on any atom is 0.451 e. The van der Waals surface area contributed by atoms with Crippen LogP contribution in [0, 0.1) is 28.4 Å². The molecule has 0 spiro atoms. The van der Waals surface area contributed by atoms with Crippen molar-refractivity contribution in [2.45, 2.75) is 63.2 Å². The van der Waals surface area contributed by atoms with Gasteiger partial charge >= 0.3 is 6.18 Å². The Labute approximate surface area is 275 Å². The first-order valence-electron chi connectivity index (χ1n) is 15.2. The first kappa shape index (κ1) is 32.2. The molecule has 0 bridgehead atoms. The Morgan fingerprint density at radius 3 is 2.54 bits per heavy atom. The molecule has 1 unspecified atom stereocenters. The summed E-state index contributed by atoms with van der Waals surface area (Å²) >= 11 is 5.90. The minimum Gasteiger partial charge on any atom is -0.444 e. The molecule has 48 heavy (non-hydrogen) atoms. The van der Waals surface area contributed by atoms with Gasteiger partial charge < -0.3 is 9.47 Å². The second-order valence-electron chi connectivity index (χ2n) is 12.6. The van der Waals surface area contributed by atoms with E-state index in [2.05, 4.69) is 21.1 Å². The molecule has 2 aromatic carbocycles. The number of nitriles is 1. The molecule has 1 saturated heterocycles. The molecule has 4 aromatic rings. The van der Waals surface area contributed by atoms with Crippen molar-refractivity contribution in [3.63, 3.8) is 0 Å². The first-order valence-corrected chi connectivity index (χ1v) is 15.6. The van der Waals surface area contributed by atoms with Crippen LogP contribution in [0.2, 0.25) is 5.02 Å². The number of aromatic nitrogens is 4. The summed E-state index contributed by atoms with van der Waals surface area (Å²) in [6.07, 6.45) is -2.73. The quantitative estimate of drug-likeness (QED) is 0.199. The molecule has 3 atom stereocenters. The van der Waals surface area contributed by atoms with Gasteiger partial charge in [0.15, 0.2) is 17.4 Å². The zero-order chi connectivity index (χ0) is 34.0. The van der Waals surface area contributed by atoms with Gasteiger partial charge in [-0.15, -0.1) is 0 Å². The van der Waals surface area contributed by atoms with Crippen molar-refractivity contribution in [3.05, 3.63) is 87.5 Å². The van der Waals surface area contributed by atoms with Gasteiger partial charge in [0.25, 0.3) is 5.79 Å². The normalized spacial score (nSPS) is 23.2. The van der Waals surface area contributed by atoms with Crippen LogP contribution in [0.3, 0.4) is 0 Å². The number of likely N-dealkylation sites (tertiary alicyclic amines) is 1. The zero-order valence-electron chi connectivity index (χ0n) is 25.3. The Hall–Kier alpha value is -4.35. The van der Waals surface area contributed by atoms with Gasteiger partial charge in [-0.25, -0.2) is 18.2 Å². The highest BCUT2D eigenvalue weighted by atomic mass is 35.5. The molecule has 7 rings (SSSR count). The smallest absolute Gasteiger partial charge is 0.444 e. The Bertz CT molecular complexity index is 1940. The predicted octanol–water partition coefficient (Wildman–Crippen LogP) is 7.64. The summed E-state index contributed by atoms with van der Waals surface area (Å²) in [6, 6.07) is 10.5. The summed E-state index contributed by atoms with van der Waals surface area (Å²) in [6.45, 7) is 2.08. The fraction of sp³-hybridized carbons (Fsp3) is 0.394. The molecule has 2 aliphatic heterocycles. The van der Waals surface area contributed by atoms with Gasteiger partial charge in [-0.05, 0) is 68.1 Å². The van der Waals surface area contributed by atoms with Crippen LogP contribution in [0.1, 0.15) is 60.3 Å². The van der Waals surface area contributed by atoms with E-state index in [0.717, 1.165) is 6.07 Å². The van der Waals surface area contributed by atoms with Gasteiger partial charge in [0.05, 0.1) is 22.7 Å². The van der Waals surface area contributed by atoms with Gasteiger partial charge in [-0.1, -0.05) is 17.7 Å². The Morgan fingerprint density at radius 1 is 1.10 bits per heavy atom. The van der Waals surface area contributed by atoms with Crippen LogP contribution in [0.5, 0.6) is 11.5 Å². The number of hydrogen-bond donors (Lipinski definition) is 1. The van der Waals surface area contributed by atoms with Gasteiger partial charge in [-0.2, -0.15) is 23.5 Å². The number of hydrogen-bond acceptors (Lipinski definition) is 7. The highest BCUT2D eigenvalue weighted by Crippen LogP contribution is 2.52. The van der Waals surface area contributed by atoms with E-state index in [0.29, 0.717) is 49.0 Å². The molecule has 250 valence electrons. The van der Waals surface area contributed by atoms with Crippen LogP contribution in [-0.2, 0) is 24.9 Å². The van der Waals surface area contributed by atoms with Gasteiger partial charge in [0.2, 0.25) is 11.6 Å². The lowest BCUT2D eigenvalue weighted by Crippen LogP contribution is -2.40. The average Bonchev–Trinajstić information content (AvgIpc) is 3.43. The van der Waals surface area contributed by atoms with E-state index in [1.807, 2.05) is 10.00 Å². The van der Waals surface area contributed by atoms with E-state index in [-0.39, 0.29) is 46.6 Å². The number of halogens is 7. The lowest BCUT2D eigenvalue weighted by atomic mass is 9.86. The number of ether oxygens (including phenoxy) is 2. The molecule has 1 saturated carbocycles. The molecule has 8 nitrogen and oxygen atoms in total. The van der Waals surface area contributed by atoms with Gasteiger partial charge in [0, 0.05) is 48.3 Å². The second kappa shape index (κ2) is 11.7. The SMILES string of the molecule is C[C@@]1(c2ccc(Cl)cc2F)Oc2c(F)ccc(C3CCN(Cc4ncc(-c5n[nH]c(C(F)(F)F)n5)cc4CC4(C#N)CC4)C[C@@H]3F)c2O1. The van der Waals surface area contributed by atoms with Crippen molar-refractivity contribution < 1.29 is 35.8 Å². The number of aromatic amines is 1. The van der Waals surface area contributed by atoms with Crippen LogP contribution in [0.4, 0.5) is 26.3 Å². The van der Waals surface area contributed by atoms with E-state index in [4.69, 9.17) is 21.1 Å². The molecule has 2 aromatic heterocycles. The summed E-state index contributed by atoms with van der Waals surface area (Å²) in [4.78, 5) is 9.94. The molecule has 4 heterocycles. The Kier molecular flexibility index (Phi) is 7.83. The zero-order valence-corrected chi connectivity index (χ0v) is 26.1. The number of pyridine rings is 1. The molecule has 0 radical (unpaired) electrons. The van der Waals surface area contributed by atoms with Crippen LogP contribution in [0.15, 0.2) is 42.6 Å². The Morgan fingerprint density at radius 2 is 1.88 bits per heavy atom. The molecule has 2 fully saturated rings. The van der Waals surface area contributed by atoms with Crippen molar-refractivity contribution in [1.82, 2.24) is 25.1 Å². The summed E-state index contributed by atoms with van der Waals surface area (Å²) in [7, 11) is 0. The van der Waals surface area contributed by atoms with Crippen molar-refractivity contribution in [3.8, 4) is 29.0 Å². The maximum absolute atomic E-state index is 16.0. The number of rotatable bonds is 7. The van der Waals surface area contributed by atoms with Crippen molar-refractivity contribution >= 4 is 11.6 Å². The molecule has 3 aliphatic rings. The fourth-order valence-corrected chi connectivity index (χ4v) is 6.57. The van der Waals surface area contributed by atoms with Gasteiger partial charge in [-0.3, -0.25) is 15.0 Å². The number of nitrogens with one attached hydrogen (secondary N) is 1. The summed E-state index contributed by atoms with van der Waals surface area (Å²) in [5.41, 5.74) is 1.29. The monoisotopic (exact) mass is 688 g/mol. The van der Waals surface area contributed by atoms with E-state index < -0.39 is 46.9 Å². The highest BCUT2D eigenvalue weighted by molar-refractivity contribution is 6.30. The number of alkyl halides is 4. The van der Waals surface area contributed by atoms with Crippen molar-refractivity contribution in [2.24, 2.45) is 5.41 Å². The summed E-state index contributed by atoms with van der Waals surface area (Å²) < 4.78 is 97.0. The highest BCUT2D eigenvalue weighted by Gasteiger charge is 2.46. The van der Waals surface area contributed by atoms with E-state index in [1.165, 1.54) is 37.4 Å². The summed E-state index contributed by atoms with van der Waals surface area (Å²) in [5, 5.41) is 15.5. The standard InChI is InChI=1S/C33H27ClF6N6O2/c1-31(22-4-2-19(34)11-24(22)36)47-27-21(3-5-23(35)28(27)48-31)20-6-9-46(14-25(20)37)15-26-17(12-32(16-41)7-8-32)10-18(13-42-26)29-43-30(45-44-29)33(38,39)40/h2-5,10-11,13,20,25H,6-9,12,14-15H2,1H3,(H,43,44,45)/t20?,25-,31-/m0/s1. The fourth-order valence-electron chi connectivity index (χ4n) is 6.42. The molecule has 1 aliphatic carbocycles. The third-order valence-electron chi connectivity index (χ3n) is 9.20. The number of fused-ring (bicyclic) bond motifs is 1. The Balaban J connectivity index is 1.11. The average molecular weight is 689 g/mol. The van der Waals surface area contributed by atoms with E-state index in [1.54, 1.807) is 6.07 Å². The maximum atomic E-state index is 16.0. The third kappa shape index (κ3) is 5.94. The molecule has 1 N–H and O–H groups in total. The van der Waals surface area contributed by atoms with Gasteiger partial charge in [0.1, 0.15) is 12.0 Å². The van der Waals surface area contributed by atoms with E-state index >= 15 is 4.39 Å². The minimum absolute atomic E-state index is 0.00243. The minimum atomic E-state index is -4.70. The topological polar surface area (TPSA) is 100.0 Å². The number of benzene rings is 2. The predicted molar refractivity (Wildman–Crippen MR) is 160 cm³/mol. The third-order valence-corrected chi connectivity index (χ3v) is 9.43. The lowest BCUT2D eigenvalue weighted by Gasteiger charge is -2.35.